The van der Waals surface area contributed by atoms with Gasteiger partial charge in [0.05, 0.1) is 36.7 Å². The van der Waals surface area contributed by atoms with E-state index in [9.17, 15) is 19.5 Å². The average molecular weight is 1570 g/mol. The van der Waals surface area contributed by atoms with Crippen LogP contribution in [0, 0.1) is 0 Å². The predicted molar refractivity (Wildman–Crippen MR) is 387 cm³/mol. The number of benzene rings is 6. The Morgan fingerprint density at radius 3 is 1.14 bits per heavy atom. The van der Waals surface area contributed by atoms with Gasteiger partial charge < -0.3 is 82.3 Å². The summed E-state index contributed by atoms with van der Waals surface area (Å²) in [7, 11) is 1.44. The molecule has 0 bridgehead atoms. The number of nitrogens with zero attached hydrogens (tertiary/aromatic N) is 3. The van der Waals surface area contributed by atoms with Crippen molar-refractivity contribution in [3.05, 3.63) is 176 Å². The van der Waals surface area contributed by atoms with Crippen LogP contribution in [0.4, 0.5) is 26.3 Å². The van der Waals surface area contributed by atoms with E-state index < -0.39 is 88.4 Å². The molecule has 9 aromatic rings. The molecule has 6 aromatic carbocycles. The molecule has 6 atom stereocenters. The van der Waals surface area contributed by atoms with E-state index in [1.54, 1.807) is 54.6 Å². The van der Waals surface area contributed by atoms with Crippen molar-refractivity contribution in [2.45, 2.75) is 91.9 Å². The fourth-order valence-electron chi connectivity index (χ4n) is 13.7. The zero-order chi connectivity index (χ0) is 75.2. The van der Waals surface area contributed by atoms with Crippen LogP contribution in [-0.2, 0) is 37.0 Å². The zero-order valence-electron chi connectivity index (χ0n) is 57.8. The number of aliphatic hydroxyl groups is 1. The van der Waals surface area contributed by atoms with Gasteiger partial charge in [0.1, 0.15) is 62.5 Å². The maximum Gasteiger partial charge on any atom is 0.380 e. The van der Waals surface area contributed by atoms with E-state index in [-0.39, 0.29) is 23.3 Å². The summed E-state index contributed by atoms with van der Waals surface area (Å²) in [5, 5.41) is 20.1. The summed E-state index contributed by atoms with van der Waals surface area (Å²) in [6, 6.07) is 29.2. The SMILES string of the molecule is CON[C@H](c1ccc2c(c1)OCCO2)[C@@H](CN1CCCC1)NC(=O)C(F)(F)c1cc2cc(Cl)ccc2o1.O=C(N[C@H](CN1CCCC1)[C@@H](Cl)c1ccc2c(c1)OCCO2)C(F)(F)c1cc2cc(Cl)ccc2o1.O=C(N[C@H](CN1CCCC1)[C@@H](O)c1ccc2c(c1)OCCO2)C(F)(F)c1cc2cc(Cl)ccc2o1. The van der Waals surface area contributed by atoms with Crippen molar-refractivity contribution in [2.24, 2.45) is 0 Å². The van der Waals surface area contributed by atoms with Gasteiger partial charge in [-0.1, -0.05) is 53.0 Å². The van der Waals surface area contributed by atoms with E-state index in [1.165, 1.54) is 61.7 Å². The Hall–Kier alpha value is -8.35. The number of amides is 3. The minimum atomic E-state index is -3.96. The maximum atomic E-state index is 15.4. The fourth-order valence-corrected chi connectivity index (χ4v) is 14.5. The summed E-state index contributed by atoms with van der Waals surface area (Å²) >= 11 is 24.6. The molecule has 31 heteroatoms. The summed E-state index contributed by atoms with van der Waals surface area (Å²) in [4.78, 5) is 50.3. The molecule has 3 fully saturated rings. The van der Waals surface area contributed by atoms with E-state index >= 15 is 26.3 Å². The molecule has 3 aromatic heterocycles. The lowest BCUT2D eigenvalue weighted by Crippen LogP contribution is -2.53. The van der Waals surface area contributed by atoms with Gasteiger partial charge in [-0.2, -0.15) is 31.8 Å². The zero-order valence-corrected chi connectivity index (χ0v) is 60.8. The first kappa shape index (κ1) is 76.8. The Morgan fingerprint density at radius 2 is 0.748 bits per heavy atom. The van der Waals surface area contributed by atoms with E-state index in [2.05, 4.69) is 31.2 Å². The number of rotatable bonds is 23. The van der Waals surface area contributed by atoms with Crippen LogP contribution in [0.15, 0.2) is 141 Å². The lowest BCUT2D eigenvalue weighted by atomic mass is 9.98. The summed E-state index contributed by atoms with van der Waals surface area (Å²) < 4.78 is 141. The average Bonchev–Trinajstić information content (AvgIpc) is 1.62. The third kappa shape index (κ3) is 18.0. The summed E-state index contributed by atoms with van der Waals surface area (Å²) in [5.41, 5.74) is 5.28. The third-order valence-corrected chi connectivity index (χ3v) is 20.5. The number of aliphatic hydroxyl groups excluding tert-OH is 1. The first-order valence-corrected chi connectivity index (χ1v) is 36.7. The number of nitrogens with one attached hydrogen (secondary N) is 4. The second kappa shape index (κ2) is 33.6. The highest BCUT2D eigenvalue weighted by atomic mass is 35.5. The lowest BCUT2D eigenvalue weighted by molar-refractivity contribution is -0.151. The van der Waals surface area contributed by atoms with Gasteiger partial charge in [0.15, 0.2) is 51.8 Å². The number of likely N-dealkylation sites (tertiary alicyclic amines) is 3. The van der Waals surface area contributed by atoms with Crippen molar-refractivity contribution in [1.29, 1.82) is 0 Å². The Bertz CT molecular complexity index is 4440. The van der Waals surface area contributed by atoms with Gasteiger partial charge in [-0.15, -0.1) is 11.6 Å². The van der Waals surface area contributed by atoms with Crippen LogP contribution < -0.4 is 49.9 Å². The van der Waals surface area contributed by atoms with Gasteiger partial charge >= 0.3 is 17.8 Å². The number of carbonyl (C=O) groups excluding carboxylic acids is 3. The molecule has 5 N–H and O–H groups in total. The van der Waals surface area contributed by atoms with Crippen LogP contribution in [0.1, 0.15) is 90.0 Å². The second-order valence-electron chi connectivity index (χ2n) is 26.7. The van der Waals surface area contributed by atoms with Crippen LogP contribution >= 0.6 is 46.4 Å². The van der Waals surface area contributed by atoms with Gasteiger partial charge in [-0.3, -0.25) is 14.4 Å². The molecule has 15 rings (SSSR count). The minimum Gasteiger partial charge on any atom is -0.486 e. The van der Waals surface area contributed by atoms with E-state index in [1.807, 2.05) is 4.90 Å². The van der Waals surface area contributed by atoms with Crippen molar-refractivity contribution < 1.29 is 92.3 Å². The molecule has 107 heavy (non-hydrogen) atoms. The highest BCUT2D eigenvalue weighted by Crippen LogP contribution is 2.42. The molecular formula is C76H77Cl4F6N7O14. The fraction of sp³-hybridized carbons (Fsp3) is 0.408. The molecule has 0 unspecified atom stereocenters. The molecule has 3 amide bonds. The topological polar surface area (TPSA) is 233 Å². The standard InChI is InChI=1S/C26H28ClF2N3O5.C25H24Cl2F2N2O4.C25H25ClF2N2O5/c1-34-31-24(16-4-6-21-22(13-16)36-11-10-35-21)19(15-32-8-2-3-9-32)30-25(33)26(28,29)23-14-17-12-18(27)5-7-20(17)37-23;26-17-4-6-19-16(11-17)13-22(35-19)25(28,29)24(32)30-18(14-31-7-1-2-8-31)23(27)15-3-5-20-21(12-15)34-10-9-33-20;26-17-4-6-19-16(11-17)13-22(35-19)25(27,28)24(32)29-18(14-30-7-1-2-8-30)23(31)15-3-5-20-21(12-15)34-10-9-33-20/h4-7,12-14,19,24,31H,2-3,8-11,15H2,1H3,(H,30,33);3-6,11-13,18,23H,1-2,7-10,14H2,(H,30,32);3-6,11-13,18,23,31H,1-2,7-10,14H2,(H,29,32)/t19-,24-;2*18-,23+/m111/s1. The van der Waals surface area contributed by atoms with Gasteiger partial charge in [-0.25, -0.2) is 0 Å². The van der Waals surface area contributed by atoms with Crippen molar-refractivity contribution in [3.63, 3.8) is 0 Å². The number of carbonyl (C=O) groups is 3. The molecule has 3 saturated heterocycles. The lowest BCUT2D eigenvalue weighted by Gasteiger charge is -2.33. The number of hydroxylamine groups is 1. The van der Waals surface area contributed by atoms with Gasteiger partial charge in [-0.05, 0) is 204 Å². The molecule has 6 aliphatic rings. The van der Waals surface area contributed by atoms with Crippen LogP contribution in [0.5, 0.6) is 34.5 Å². The Labute approximate surface area is 630 Å². The number of halogens is 10. The monoisotopic (exact) mass is 1570 g/mol. The Balaban J connectivity index is 0.000000142. The normalized spacial score (nSPS) is 17.8. The van der Waals surface area contributed by atoms with Crippen molar-refractivity contribution >= 4 is 97.0 Å². The molecule has 0 spiro atoms. The van der Waals surface area contributed by atoms with Crippen LogP contribution in [0.25, 0.3) is 32.9 Å². The predicted octanol–water partition coefficient (Wildman–Crippen LogP) is 14.2. The number of ether oxygens (including phenoxy) is 6. The molecule has 6 aliphatic heterocycles. The highest BCUT2D eigenvalue weighted by molar-refractivity contribution is 6.32. The number of fused-ring (bicyclic) bond motifs is 6. The maximum absolute atomic E-state index is 15.4. The number of hydrogen-bond donors (Lipinski definition) is 5. The highest BCUT2D eigenvalue weighted by Gasteiger charge is 2.49. The number of alkyl halides is 7. The molecule has 0 radical (unpaired) electrons. The van der Waals surface area contributed by atoms with Crippen molar-refractivity contribution in [2.75, 3.05) is 106 Å². The van der Waals surface area contributed by atoms with E-state index in [0.29, 0.717) is 135 Å². The van der Waals surface area contributed by atoms with Crippen LogP contribution in [-0.4, -0.2) is 161 Å². The Morgan fingerprint density at radius 1 is 0.430 bits per heavy atom. The van der Waals surface area contributed by atoms with Gasteiger partial charge in [0, 0.05) is 50.9 Å². The largest absolute Gasteiger partial charge is 0.486 e. The summed E-state index contributed by atoms with van der Waals surface area (Å²) in [6.07, 6.45) is 4.72. The third-order valence-electron chi connectivity index (χ3n) is 19.2. The molecule has 0 aliphatic carbocycles. The number of furan rings is 3. The second-order valence-corrected chi connectivity index (χ2v) is 28.5. The van der Waals surface area contributed by atoms with Crippen LogP contribution in [0.2, 0.25) is 15.1 Å². The molecule has 0 saturated carbocycles. The van der Waals surface area contributed by atoms with Gasteiger partial charge in [0.2, 0.25) is 0 Å². The summed E-state index contributed by atoms with van der Waals surface area (Å²) in [6.45, 7) is 8.19. The van der Waals surface area contributed by atoms with E-state index in [4.69, 9.17) is 92.9 Å². The molecule has 21 nitrogen and oxygen atoms in total. The summed E-state index contributed by atoms with van der Waals surface area (Å²) in [5.74, 6) is -15.3. The molecule has 9 heterocycles. The van der Waals surface area contributed by atoms with Crippen LogP contribution in [0.3, 0.4) is 0 Å². The van der Waals surface area contributed by atoms with Crippen molar-refractivity contribution in [1.82, 2.24) is 36.1 Å². The molecular weight excluding hydrogens is 1490 g/mol. The number of hydrogen-bond acceptors (Lipinski definition) is 18. The smallest absolute Gasteiger partial charge is 0.380 e. The first-order chi connectivity index (χ1) is 51.5. The Kier molecular flexibility index (Phi) is 24.2. The minimum absolute atomic E-state index is 0.196. The van der Waals surface area contributed by atoms with Gasteiger partial charge in [0.25, 0.3) is 17.7 Å². The van der Waals surface area contributed by atoms with Crippen molar-refractivity contribution in [3.8, 4) is 34.5 Å². The quantitative estimate of drug-likeness (QED) is 0.0227. The molecule has 570 valence electrons. The first-order valence-electron chi connectivity index (χ1n) is 35.1. The van der Waals surface area contributed by atoms with E-state index in [0.717, 1.165) is 96.0 Å².